The van der Waals surface area contributed by atoms with Gasteiger partial charge >= 0.3 is 6.03 Å². The number of amides is 2. The molecule has 0 saturated carbocycles. The van der Waals surface area contributed by atoms with E-state index in [0.29, 0.717) is 10.7 Å². The van der Waals surface area contributed by atoms with Gasteiger partial charge in [-0.05, 0) is 48.9 Å². The molecule has 4 N–H and O–H groups in total. The zero-order chi connectivity index (χ0) is 15.4. The first-order valence-electron chi connectivity index (χ1n) is 6.33. The number of anilines is 2. The predicted octanol–water partition coefficient (Wildman–Crippen LogP) is 4.14. The number of carbonyl (C=O) groups excluding carboxylic acids is 1. The summed E-state index contributed by atoms with van der Waals surface area (Å²) in [5, 5.41) is 6.11. The quantitative estimate of drug-likeness (QED) is 0.794. The van der Waals surface area contributed by atoms with Crippen molar-refractivity contribution in [2.45, 2.75) is 13.0 Å². The summed E-state index contributed by atoms with van der Waals surface area (Å²) in [7, 11) is 0. The number of primary amides is 1. The van der Waals surface area contributed by atoms with Crippen LogP contribution in [0.1, 0.15) is 18.5 Å². The molecule has 2 aromatic rings. The van der Waals surface area contributed by atoms with Crippen LogP contribution in [-0.2, 0) is 0 Å². The number of halogens is 2. The summed E-state index contributed by atoms with van der Waals surface area (Å²) in [6.07, 6.45) is 0. The third-order valence-corrected chi connectivity index (χ3v) is 3.29. The van der Waals surface area contributed by atoms with Crippen LogP contribution in [0.5, 0.6) is 0 Å². The van der Waals surface area contributed by atoms with Crippen molar-refractivity contribution >= 4 is 29.0 Å². The standard InChI is InChI=1S/C15H15ClFN3O/c1-9(13-7-2-10(17)8-14(13)16)19-11-3-5-12(6-4-11)20-15(18)21/h2-9,19H,1H3,(H3,18,20,21). The SMILES string of the molecule is CC(Nc1ccc(NC(N)=O)cc1)c1ccc(F)cc1Cl. The molecule has 0 heterocycles. The summed E-state index contributed by atoms with van der Waals surface area (Å²) in [5.41, 5.74) is 7.30. The van der Waals surface area contributed by atoms with Crippen molar-refractivity contribution < 1.29 is 9.18 Å². The fourth-order valence-electron chi connectivity index (χ4n) is 1.97. The molecule has 4 nitrogen and oxygen atoms in total. The molecule has 0 aliphatic carbocycles. The summed E-state index contributed by atoms with van der Waals surface area (Å²) < 4.78 is 13.0. The molecule has 2 aromatic carbocycles. The Bertz CT molecular complexity index is 646. The van der Waals surface area contributed by atoms with E-state index in [4.69, 9.17) is 17.3 Å². The van der Waals surface area contributed by atoms with Gasteiger partial charge in [0, 0.05) is 22.4 Å². The number of nitrogens with two attached hydrogens (primary N) is 1. The first-order chi connectivity index (χ1) is 9.95. The maximum atomic E-state index is 13.0. The van der Waals surface area contributed by atoms with Gasteiger partial charge in [0.15, 0.2) is 0 Å². The van der Waals surface area contributed by atoms with Crippen molar-refractivity contribution in [2.24, 2.45) is 5.73 Å². The lowest BCUT2D eigenvalue weighted by Crippen LogP contribution is -2.19. The largest absolute Gasteiger partial charge is 0.378 e. The first kappa shape index (κ1) is 15.1. The molecule has 0 bridgehead atoms. The highest BCUT2D eigenvalue weighted by molar-refractivity contribution is 6.31. The topological polar surface area (TPSA) is 67.2 Å². The van der Waals surface area contributed by atoms with E-state index in [9.17, 15) is 9.18 Å². The van der Waals surface area contributed by atoms with Gasteiger partial charge in [-0.15, -0.1) is 0 Å². The molecule has 1 atom stereocenters. The summed E-state index contributed by atoms with van der Waals surface area (Å²) in [6, 6.07) is 10.7. The number of urea groups is 1. The molecule has 2 amide bonds. The van der Waals surface area contributed by atoms with Gasteiger partial charge in [-0.25, -0.2) is 9.18 Å². The van der Waals surface area contributed by atoms with Crippen LogP contribution in [0, 0.1) is 5.82 Å². The molecule has 0 aliphatic heterocycles. The van der Waals surface area contributed by atoms with Crippen LogP contribution < -0.4 is 16.4 Å². The van der Waals surface area contributed by atoms with Gasteiger partial charge in [-0.1, -0.05) is 17.7 Å². The number of hydrogen-bond donors (Lipinski definition) is 3. The van der Waals surface area contributed by atoms with Crippen LogP contribution >= 0.6 is 11.6 Å². The molecule has 6 heteroatoms. The van der Waals surface area contributed by atoms with Gasteiger partial charge < -0.3 is 16.4 Å². The third kappa shape index (κ3) is 4.10. The lowest BCUT2D eigenvalue weighted by molar-refractivity contribution is 0.259. The molecule has 2 rings (SSSR count). The fraction of sp³-hybridized carbons (Fsp3) is 0.133. The van der Waals surface area contributed by atoms with Crippen molar-refractivity contribution in [1.82, 2.24) is 0 Å². The van der Waals surface area contributed by atoms with Crippen molar-refractivity contribution in [3.63, 3.8) is 0 Å². The second-order valence-electron chi connectivity index (χ2n) is 4.60. The van der Waals surface area contributed by atoms with Crippen molar-refractivity contribution in [2.75, 3.05) is 10.6 Å². The van der Waals surface area contributed by atoms with Crippen molar-refractivity contribution in [3.8, 4) is 0 Å². The van der Waals surface area contributed by atoms with E-state index >= 15 is 0 Å². The van der Waals surface area contributed by atoms with E-state index in [0.717, 1.165) is 11.3 Å². The minimum Gasteiger partial charge on any atom is -0.378 e. The molecule has 0 saturated heterocycles. The number of benzene rings is 2. The van der Waals surface area contributed by atoms with Crippen molar-refractivity contribution in [3.05, 3.63) is 58.9 Å². The van der Waals surface area contributed by atoms with Crippen LogP contribution in [0.15, 0.2) is 42.5 Å². The summed E-state index contributed by atoms with van der Waals surface area (Å²) in [5.74, 6) is -0.363. The van der Waals surface area contributed by atoms with E-state index in [1.54, 1.807) is 30.3 Å². The smallest absolute Gasteiger partial charge is 0.316 e. The van der Waals surface area contributed by atoms with Gasteiger partial charge in [0.2, 0.25) is 0 Å². The average Bonchev–Trinajstić information content (AvgIpc) is 2.40. The first-order valence-corrected chi connectivity index (χ1v) is 6.71. The van der Waals surface area contributed by atoms with Crippen molar-refractivity contribution in [1.29, 1.82) is 0 Å². The highest BCUT2D eigenvalue weighted by Crippen LogP contribution is 2.27. The van der Waals surface area contributed by atoms with Gasteiger partial charge in [-0.2, -0.15) is 0 Å². The van der Waals surface area contributed by atoms with Crippen LogP contribution in [0.25, 0.3) is 0 Å². The van der Waals surface area contributed by atoms with E-state index in [1.165, 1.54) is 12.1 Å². The summed E-state index contributed by atoms with van der Waals surface area (Å²) >= 11 is 6.03. The highest BCUT2D eigenvalue weighted by atomic mass is 35.5. The molecule has 0 spiro atoms. The van der Waals surface area contributed by atoms with Gasteiger partial charge in [0.1, 0.15) is 5.82 Å². The maximum absolute atomic E-state index is 13.0. The van der Waals surface area contributed by atoms with Gasteiger partial charge in [-0.3, -0.25) is 0 Å². The number of rotatable bonds is 4. The molecule has 0 aliphatic rings. The number of hydrogen-bond acceptors (Lipinski definition) is 2. The Morgan fingerprint density at radius 3 is 2.38 bits per heavy atom. The van der Waals surface area contributed by atoms with Crippen LogP contribution in [-0.4, -0.2) is 6.03 Å². The fourth-order valence-corrected chi connectivity index (χ4v) is 2.30. The second-order valence-corrected chi connectivity index (χ2v) is 5.01. The Balaban J connectivity index is 2.08. The second kappa shape index (κ2) is 6.45. The van der Waals surface area contributed by atoms with Gasteiger partial charge in [0.25, 0.3) is 0 Å². The molecule has 0 fully saturated rings. The molecule has 0 radical (unpaired) electrons. The summed E-state index contributed by atoms with van der Waals surface area (Å²) in [6.45, 7) is 1.93. The predicted molar refractivity (Wildman–Crippen MR) is 83.1 cm³/mol. The molecular formula is C15H15ClFN3O. The minimum atomic E-state index is -0.609. The molecule has 110 valence electrons. The van der Waals surface area contributed by atoms with Crippen LogP contribution in [0.3, 0.4) is 0 Å². The Labute approximate surface area is 127 Å². The van der Waals surface area contributed by atoms with Crippen LogP contribution in [0.2, 0.25) is 5.02 Å². The number of nitrogens with one attached hydrogen (secondary N) is 2. The molecule has 0 aromatic heterocycles. The minimum absolute atomic E-state index is 0.0898. The Hall–Kier alpha value is -2.27. The Morgan fingerprint density at radius 1 is 1.19 bits per heavy atom. The lowest BCUT2D eigenvalue weighted by atomic mass is 10.1. The Kier molecular flexibility index (Phi) is 4.65. The number of carbonyl (C=O) groups is 1. The molecular weight excluding hydrogens is 293 g/mol. The zero-order valence-corrected chi connectivity index (χ0v) is 12.1. The maximum Gasteiger partial charge on any atom is 0.316 e. The van der Waals surface area contributed by atoms with E-state index in [2.05, 4.69) is 10.6 Å². The normalized spacial score (nSPS) is 11.8. The molecule has 21 heavy (non-hydrogen) atoms. The van der Waals surface area contributed by atoms with E-state index in [1.807, 2.05) is 6.92 Å². The van der Waals surface area contributed by atoms with E-state index in [-0.39, 0.29) is 11.9 Å². The zero-order valence-electron chi connectivity index (χ0n) is 11.4. The lowest BCUT2D eigenvalue weighted by Gasteiger charge is -2.17. The third-order valence-electron chi connectivity index (χ3n) is 2.96. The monoisotopic (exact) mass is 307 g/mol. The van der Waals surface area contributed by atoms with Gasteiger partial charge in [0.05, 0.1) is 0 Å². The van der Waals surface area contributed by atoms with Crippen LogP contribution in [0.4, 0.5) is 20.6 Å². The average molecular weight is 308 g/mol. The molecule has 1 unspecified atom stereocenters. The van der Waals surface area contributed by atoms with E-state index < -0.39 is 6.03 Å². The Morgan fingerprint density at radius 2 is 1.81 bits per heavy atom. The highest BCUT2D eigenvalue weighted by Gasteiger charge is 2.10. The summed E-state index contributed by atoms with van der Waals surface area (Å²) in [4.78, 5) is 10.7.